The first-order chi connectivity index (χ1) is 5.85. The van der Waals surface area contributed by atoms with E-state index in [1.54, 1.807) is 0 Å². The summed E-state index contributed by atoms with van der Waals surface area (Å²) in [6.45, 7) is 1.97. The van der Waals surface area contributed by atoms with Gasteiger partial charge in [-0.15, -0.1) is 0 Å². The van der Waals surface area contributed by atoms with E-state index in [9.17, 15) is 5.11 Å². The molecule has 2 fully saturated rings. The molecule has 70 valence electrons. The van der Waals surface area contributed by atoms with Gasteiger partial charge < -0.3 is 9.84 Å². The van der Waals surface area contributed by atoms with Crippen molar-refractivity contribution in [2.45, 2.75) is 32.1 Å². The molecule has 2 rings (SSSR count). The number of aliphatic hydroxyl groups is 1. The predicted octanol–water partition coefficient (Wildman–Crippen LogP) is 1.58. The summed E-state index contributed by atoms with van der Waals surface area (Å²) in [7, 11) is 0. The maximum absolute atomic E-state index is 9.31. The summed E-state index contributed by atoms with van der Waals surface area (Å²) in [5.41, 5.74) is 0.144. The van der Waals surface area contributed by atoms with Gasteiger partial charge in [0.25, 0.3) is 0 Å². The van der Waals surface area contributed by atoms with E-state index in [4.69, 9.17) is 4.74 Å². The van der Waals surface area contributed by atoms with Crippen molar-refractivity contribution in [2.75, 3.05) is 19.8 Å². The third kappa shape index (κ3) is 1.50. The molecule has 0 spiro atoms. The van der Waals surface area contributed by atoms with Gasteiger partial charge in [0.2, 0.25) is 0 Å². The average Bonchev–Trinajstić information content (AvgIpc) is 2.46. The largest absolute Gasteiger partial charge is 0.396 e. The van der Waals surface area contributed by atoms with Crippen LogP contribution in [-0.2, 0) is 4.74 Å². The molecule has 1 atom stereocenters. The van der Waals surface area contributed by atoms with Crippen molar-refractivity contribution in [3.63, 3.8) is 0 Å². The fraction of sp³-hybridized carbons (Fsp3) is 1.00. The van der Waals surface area contributed by atoms with E-state index in [2.05, 4.69) is 0 Å². The molecule has 0 amide bonds. The van der Waals surface area contributed by atoms with Crippen molar-refractivity contribution in [3.8, 4) is 0 Å². The topological polar surface area (TPSA) is 29.5 Å². The van der Waals surface area contributed by atoms with Crippen molar-refractivity contribution in [3.05, 3.63) is 0 Å². The standard InChI is InChI=1S/C10H18O2/c11-7-10(4-5-12-8-10)6-9-2-1-3-9/h9,11H,1-8H2. The van der Waals surface area contributed by atoms with E-state index >= 15 is 0 Å². The van der Waals surface area contributed by atoms with Crippen molar-refractivity contribution < 1.29 is 9.84 Å². The number of hydrogen-bond acceptors (Lipinski definition) is 2. The van der Waals surface area contributed by atoms with Crippen LogP contribution in [0.3, 0.4) is 0 Å². The van der Waals surface area contributed by atoms with Gasteiger partial charge in [0.05, 0.1) is 13.2 Å². The molecule has 1 saturated heterocycles. The molecular weight excluding hydrogens is 152 g/mol. The average molecular weight is 170 g/mol. The van der Waals surface area contributed by atoms with Gasteiger partial charge in [-0.3, -0.25) is 0 Å². The van der Waals surface area contributed by atoms with Crippen LogP contribution < -0.4 is 0 Å². The van der Waals surface area contributed by atoms with Crippen LogP contribution in [0.2, 0.25) is 0 Å². The zero-order chi connectivity index (χ0) is 8.44. The van der Waals surface area contributed by atoms with Crippen molar-refractivity contribution in [1.82, 2.24) is 0 Å². The second-order valence-corrected chi connectivity index (χ2v) is 4.46. The molecule has 1 aliphatic carbocycles. The van der Waals surface area contributed by atoms with Gasteiger partial charge in [0, 0.05) is 12.0 Å². The lowest BCUT2D eigenvalue weighted by atomic mass is 9.72. The van der Waals surface area contributed by atoms with Crippen molar-refractivity contribution >= 4 is 0 Å². The summed E-state index contributed by atoms with van der Waals surface area (Å²) < 4.78 is 5.36. The van der Waals surface area contributed by atoms with E-state index < -0.39 is 0 Å². The molecular formula is C10H18O2. The molecule has 1 aliphatic heterocycles. The van der Waals surface area contributed by atoms with E-state index in [-0.39, 0.29) is 5.41 Å². The van der Waals surface area contributed by atoms with E-state index in [0.29, 0.717) is 6.61 Å². The Morgan fingerprint density at radius 1 is 1.42 bits per heavy atom. The molecule has 2 nitrogen and oxygen atoms in total. The van der Waals surface area contributed by atoms with E-state index in [1.165, 1.54) is 25.7 Å². The highest BCUT2D eigenvalue weighted by Gasteiger charge is 2.37. The van der Waals surface area contributed by atoms with Crippen LogP contribution in [0.15, 0.2) is 0 Å². The molecule has 1 heterocycles. The highest BCUT2D eigenvalue weighted by Crippen LogP contribution is 2.41. The fourth-order valence-electron chi connectivity index (χ4n) is 2.31. The number of hydrogen-bond donors (Lipinski definition) is 1. The van der Waals surface area contributed by atoms with Gasteiger partial charge in [-0.1, -0.05) is 19.3 Å². The van der Waals surface area contributed by atoms with Crippen LogP contribution in [0.1, 0.15) is 32.1 Å². The summed E-state index contributed by atoms with van der Waals surface area (Å²) >= 11 is 0. The van der Waals surface area contributed by atoms with Crippen LogP contribution in [0, 0.1) is 11.3 Å². The summed E-state index contributed by atoms with van der Waals surface area (Å²) in [4.78, 5) is 0. The highest BCUT2D eigenvalue weighted by molar-refractivity contribution is 4.87. The third-order valence-corrected chi connectivity index (χ3v) is 3.47. The molecule has 0 aromatic heterocycles. The lowest BCUT2D eigenvalue weighted by molar-refractivity contribution is 0.0583. The summed E-state index contributed by atoms with van der Waals surface area (Å²) in [5, 5.41) is 9.31. The highest BCUT2D eigenvalue weighted by atomic mass is 16.5. The summed E-state index contributed by atoms with van der Waals surface area (Å²) in [5.74, 6) is 0.888. The minimum absolute atomic E-state index is 0.144. The molecule has 0 aromatic rings. The summed E-state index contributed by atoms with van der Waals surface area (Å²) in [6.07, 6.45) is 6.42. The minimum Gasteiger partial charge on any atom is -0.396 e. The molecule has 2 aliphatic rings. The van der Waals surface area contributed by atoms with Crippen LogP contribution >= 0.6 is 0 Å². The van der Waals surface area contributed by atoms with Gasteiger partial charge in [-0.2, -0.15) is 0 Å². The minimum atomic E-state index is 0.144. The SMILES string of the molecule is OCC1(CC2CCC2)CCOC1. The maximum atomic E-state index is 9.31. The first-order valence-corrected chi connectivity index (χ1v) is 5.03. The predicted molar refractivity (Wildman–Crippen MR) is 46.9 cm³/mol. The Hall–Kier alpha value is -0.0800. The second kappa shape index (κ2) is 3.35. The van der Waals surface area contributed by atoms with Gasteiger partial charge in [0.1, 0.15) is 0 Å². The first-order valence-electron chi connectivity index (χ1n) is 5.03. The molecule has 1 N–H and O–H groups in total. The van der Waals surface area contributed by atoms with Crippen LogP contribution in [0.4, 0.5) is 0 Å². The summed E-state index contributed by atoms with van der Waals surface area (Å²) in [6, 6.07) is 0. The molecule has 2 heteroatoms. The van der Waals surface area contributed by atoms with E-state index in [1.807, 2.05) is 0 Å². The number of rotatable bonds is 3. The maximum Gasteiger partial charge on any atom is 0.0545 e. The Labute approximate surface area is 73.9 Å². The van der Waals surface area contributed by atoms with Crippen molar-refractivity contribution in [1.29, 1.82) is 0 Å². The molecule has 12 heavy (non-hydrogen) atoms. The second-order valence-electron chi connectivity index (χ2n) is 4.46. The normalized spacial score (nSPS) is 36.8. The van der Waals surface area contributed by atoms with Crippen LogP contribution in [-0.4, -0.2) is 24.9 Å². The molecule has 0 aromatic carbocycles. The van der Waals surface area contributed by atoms with Gasteiger partial charge in [0.15, 0.2) is 0 Å². The zero-order valence-corrected chi connectivity index (χ0v) is 7.59. The van der Waals surface area contributed by atoms with Gasteiger partial charge in [-0.05, 0) is 18.8 Å². The van der Waals surface area contributed by atoms with Crippen LogP contribution in [0.5, 0.6) is 0 Å². The smallest absolute Gasteiger partial charge is 0.0545 e. The fourth-order valence-corrected chi connectivity index (χ4v) is 2.31. The lowest BCUT2D eigenvalue weighted by Crippen LogP contribution is -2.30. The zero-order valence-electron chi connectivity index (χ0n) is 7.59. The Kier molecular flexibility index (Phi) is 2.37. The molecule has 1 saturated carbocycles. The Balaban J connectivity index is 1.87. The van der Waals surface area contributed by atoms with Gasteiger partial charge >= 0.3 is 0 Å². The number of aliphatic hydroxyl groups excluding tert-OH is 1. The molecule has 1 unspecified atom stereocenters. The quantitative estimate of drug-likeness (QED) is 0.696. The number of ether oxygens (including phenoxy) is 1. The Bertz CT molecular complexity index is 146. The molecule has 0 bridgehead atoms. The van der Waals surface area contributed by atoms with Crippen molar-refractivity contribution in [2.24, 2.45) is 11.3 Å². The third-order valence-electron chi connectivity index (χ3n) is 3.47. The first kappa shape index (κ1) is 8.52. The lowest BCUT2D eigenvalue weighted by Gasteiger charge is -2.34. The van der Waals surface area contributed by atoms with E-state index in [0.717, 1.165) is 25.6 Å². The molecule has 0 radical (unpaired) electrons. The Morgan fingerprint density at radius 3 is 2.67 bits per heavy atom. The van der Waals surface area contributed by atoms with Crippen LogP contribution in [0.25, 0.3) is 0 Å². The monoisotopic (exact) mass is 170 g/mol. The van der Waals surface area contributed by atoms with Gasteiger partial charge in [-0.25, -0.2) is 0 Å². The Morgan fingerprint density at radius 2 is 2.25 bits per heavy atom.